The van der Waals surface area contributed by atoms with E-state index in [2.05, 4.69) is 26.3 Å². The van der Waals surface area contributed by atoms with Gasteiger partial charge in [-0.1, -0.05) is 184 Å². The van der Waals surface area contributed by atoms with Gasteiger partial charge in [-0.05, 0) is 193 Å². The minimum absolute atomic E-state index is 0.00352. The lowest BCUT2D eigenvalue weighted by Crippen LogP contribution is -2.54. The quantitative estimate of drug-likeness (QED) is 0.0276. The van der Waals surface area contributed by atoms with E-state index in [9.17, 15) is 28.8 Å². The van der Waals surface area contributed by atoms with Crippen molar-refractivity contribution in [2.75, 3.05) is 26.4 Å². The highest BCUT2D eigenvalue weighted by Gasteiger charge is 2.36. The highest BCUT2D eigenvalue weighted by Crippen LogP contribution is 2.31. The molecule has 3 N–H and O–H groups in total. The van der Waals surface area contributed by atoms with Crippen LogP contribution in [-0.2, 0) is 34.0 Å². The van der Waals surface area contributed by atoms with E-state index in [1.807, 2.05) is 4.90 Å². The third-order valence-corrected chi connectivity index (χ3v) is 24.1. The predicted octanol–water partition coefficient (Wildman–Crippen LogP) is 17.0. The third kappa shape index (κ3) is 27.0. The highest BCUT2D eigenvalue weighted by molar-refractivity contribution is 5.96. The van der Waals surface area contributed by atoms with Crippen molar-refractivity contribution < 1.29 is 28.8 Å². The van der Waals surface area contributed by atoms with Crippen LogP contribution >= 0.6 is 0 Å². The monoisotopic (exact) mass is 1480 g/mol. The number of hydrogen-bond donors (Lipinski definition) is 3. The summed E-state index contributed by atoms with van der Waals surface area (Å²) in [7, 11) is 0. The van der Waals surface area contributed by atoms with E-state index < -0.39 is 17.1 Å². The zero-order chi connectivity index (χ0) is 73.6. The number of nitrogens with one attached hydrogen (secondary N) is 3. The van der Waals surface area contributed by atoms with E-state index in [4.69, 9.17) is 34.4 Å². The van der Waals surface area contributed by atoms with Crippen molar-refractivity contribution in [2.24, 2.45) is 30.3 Å². The average Bonchev–Trinajstić information content (AvgIpc) is 0.791. The van der Waals surface area contributed by atoms with Gasteiger partial charge in [0.1, 0.15) is 0 Å². The van der Waals surface area contributed by atoms with Crippen LogP contribution in [0.5, 0.6) is 0 Å². The number of oxime groups is 2. The van der Waals surface area contributed by atoms with Crippen molar-refractivity contribution in [1.29, 1.82) is 0 Å². The van der Waals surface area contributed by atoms with E-state index in [0.29, 0.717) is 95.5 Å². The molecule has 0 saturated heterocycles. The molecule has 24 heteroatoms. The Labute approximate surface area is 633 Å². The normalized spacial score (nSPS) is 20.7. The van der Waals surface area contributed by atoms with Crippen LogP contribution in [0.3, 0.4) is 0 Å². The fourth-order valence-corrected chi connectivity index (χ4v) is 17.7. The van der Waals surface area contributed by atoms with Gasteiger partial charge >= 0.3 is 47.2 Å². The molecule has 9 aliphatic carbocycles. The maximum Gasteiger partial charge on any atom is 0.336 e. The average molecular weight is 1480 g/mol. The van der Waals surface area contributed by atoms with Gasteiger partial charge in [-0.15, -0.1) is 0 Å². The van der Waals surface area contributed by atoms with Gasteiger partial charge in [0.05, 0.1) is 29.5 Å². The lowest BCUT2D eigenvalue weighted by molar-refractivity contribution is 0.164. The molecule has 594 valence electrons. The van der Waals surface area contributed by atoms with Crippen LogP contribution < -0.4 is 33.0 Å². The summed E-state index contributed by atoms with van der Waals surface area (Å²) in [5, 5.41) is 19.0. The summed E-state index contributed by atoms with van der Waals surface area (Å²) in [6, 6.07) is 0.813. The number of amidine groups is 3. The summed E-state index contributed by atoms with van der Waals surface area (Å²) in [6.45, 7) is 2.01. The maximum absolute atomic E-state index is 14.5. The zero-order valence-electron chi connectivity index (χ0n) is 65.3. The van der Waals surface area contributed by atoms with Gasteiger partial charge in [0.2, 0.25) is 0 Å². The van der Waals surface area contributed by atoms with Gasteiger partial charge in [-0.3, -0.25) is 4.99 Å². The van der Waals surface area contributed by atoms with Crippen molar-refractivity contribution in [1.82, 2.24) is 44.4 Å². The Morgan fingerprint density at radius 3 is 0.906 bits per heavy atom. The van der Waals surface area contributed by atoms with Crippen molar-refractivity contribution in [3.8, 4) is 0 Å². The summed E-state index contributed by atoms with van der Waals surface area (Å²) in [5.74, 6) is 0. The molecule has 0 spiro atoms. The summed E-state index contributed by atoms with van der Waals surface area (Å²) in [4.78, 5) is 125. The van der Waals surface area contributed by atoms with Gasteiger partial charge in [0, 0.05) is 63.1 Å². The van der Waals surface area contributed by atoms with Crippen LogP contribution in [0.15, 0.2) is 44.7 Å². The molecule has 9 fully saturated rings. The molecule has 0 aliphatic heterocycles. The van der Waals surface area contributed by atoms with E-state index >= 15 is 0 Å². The number of aliphatic imine (C=N–C) groups is 4. The van der Waals surface area contributed by atoms with Gasteiger partial charge in [-0.25, -0.2) is 72.1 Å². The highest BCUT2D eigenvalue weighted by atomic mass is 16.7. The van der Waals surface area contributed by atoms with Crippen LogP contribution in [0.4, 0.5) is 14.4 Å². The molecule has 1 aromatic rings. The number of nitrogens with zero attached hydrogens (tertiary/aromatic N) is 12. The first-order valence-corrected chi connectivity index (χ1v) is 43.7. The first-order chi connectivity index (χ1) is 52.2. The van der Waals surface area contributed by atoms with Gasteiger partial charge in [0.15, 0.2) is 6.73 Å². The van der Waals surface area contributed by atoms with Gasteiger partial charge in [0.25, 0.3) is 6.02 Å². The first kappa shape index (κ1) is 82.1. The van der Waals surface area contributed by atoms with E-state index in [0.717, 1.165) is 281 Å². The summed E-state index contributed by atoms with van der Waals surface area (Å²) in [5.41, 5.74) is 1.51. The summed E-state index contributed by atoms with van der Waals surface area (Å²) >= 11 is 0. The number of hydrogen-bond acceptors (Lipinski definition) is 15. The molecule has 1 heterocycles. The fraction of sp³-hybridized carbons (Fsp3) is 0.854. The number of unbranched alkanes of at least 4 members (excludes halogenated alkanes) is 9. The van der Waals surface area contributed by atoms with Crippen LogP contribution in [0, 0.1) is 0 Å². The molecule has 6 amide bonds. The maximum atomic E-state index is 14.5. The zero-order valence-corrected chi connectivity index (χ0v) is 65.3. The Kier molecular flexibility index (Phi) is 36.3. The lowest BCUT2D eigenvalue weighted by atomic mass is 9.94. The van der Waals surface area contributed by atoms with Crippen LogP contribution in [0.1, 0.15) is 366 Å². The first-order valence-electron chi connectivity index (χ1n) is 43.7. The number of amides is 6. The van der Waals surface area contributed by atoms with Crippen molar-refractivity contribution in [3.05, 3.63) is 31.5 Å². The molecule has 1 aromatic heterocycles. The predicted molar refractivity (Wildman–Crippen MR) is 424 cm³/mol. The van der Waals surface area contributed by atoms with Crippen LogP contribution in [0.2, 0.25) is 0 Å². The van der Waals surface area contributed by atoms with Crippen LogP contribution in [-0.4, -0.2) is 144 Å². The number of carbonyl (C=O) groups excluding carboxylic acids is 3. The second kappa shape index (κ2) is 46.9. The molecular formula is C82H137N15O9. The fourth-order valence-electron chi connectivity index (χ4n) is 17.7. The molecule has 106 heavy (non-hydrogen) atoms. The number of ether oxygens (including phenoxy) is 1. The molecule has 0 atom stereocenters. The van der Waals surface area contributed by atoms with Crippen LogP contribution in [0.25, 0.3) is 0 Å². The topological polar surface area (TPSA) is 265 Å². The Morgan fingerprint density at radius 2 is 0.585 bits per heavy atom. The molecule has 9 saturated carbocycles. The second-order valence-electron chi connectivity index (χ2n) is 32.5. The van der Waals surface area contributed by atoms with Crippen molar-refractivity contribution in [3.63, 3.8) is 0 Å². The molecule has 0 bridgehead atoms. The van der Waals surface area contributed by atoms with E-state index in [1.54, 1.807) is 9.80 Å². The minimum Gasteiger partial charge on any atom is -0.442 e. The number of rotatable bonds is 31. The second-order valence-corrected chi connectivity index (χ2v) is 32.5. The van der Waals surface area contributed by atoms with Crippen molar-refractivity contribution in [2.45, 2.75) is 422 Å². The number of urea groups is 3. The summed E-state index contributed by atoms with van der Waals surface area (Å²) < 4.78 is 10.2. The molecule has 0 radical (unpaired) electrons. The Hall–Kier alpha value is -6.36. The van der Waals surface area contributed by atoms with Crippen molar-refractivity contribution >= 4 is 53.3 Å². The SMILES string of the molecule is O=C(NCCCCCCn1c(=O)n(CCCCCCNC(=O)N(C(=NC2CCCCC2)ON=C2CCCCC2)C2CCCCC2)c(=O)n(CCCCCCNC(=O)N(C(=NC2CCCCC2)ON=C2CCCCC2)C2CCCCC2)c1=O)N(C(=NC1CCCCC1)OCN=C1CCCCC1)C1CCCCC1. The smallest absolute Gasteiger partial charge is 0.336 e. The molecule has 0 unspecified atom stereocenters. The molecular weight excluding hydrogens is 1340 g/mol. The Balaban J connectivity index is 0.756. The summed E-state index contributed by atoms with van der Waals surface area (Å²) in [6.07, 6.45) is 55.5. The standard InChI is InChI=1S/C82H137N15O9/c98-74(95(71-52-28-13-29-53-71)77(87-66-42-18-8-19-43-66)104-64-86-65-40-16-7-17-41-65)83-58-34-1-4-37-61-92-80(101)93(62-38-5-2-35-59-84-75(99)96(72-54-30-14-31-55-72)78(88-67-44-20-9-21-45-67)105-90-69-48-24-11-25-49-69)82(103)94(81(92)102)63-39-6-3-36-60-85-76(100)97(73-56-32-15-33-57-73)79(89-68-46-22-10-23-47-68)106-91-70-50-26-12-27-51-70/h66-68,71-73H,1-64H2,(H,83,98)(H,84,99)(H,85,100). The molecule has 24 nitrogen and oxygen atoms in total. The largest absolute Gasteiger partial charge is 0.442 e. The lowest BCUT2D eigenvalue weighted by Gasteiger charge is -2.34. The number of carbonyl (C=O) groups is 3. The number of aromatic nitrogens is 3. The minimum atomic E-state index is -0.590. The molecule has 9 aliphatic rings. The van der Waals surface area contributed by atoms with E-state index in [-0.39, 0.29) is 80.7 Å². The third-order valence-electron chi connectivity index (χ3n) is 24.1. The molecule has 0 aromatic carbocycles. The van der Waals surface area contributed by atoms with Gasteiger partial charge in [-0.2, -0.15) is 0 Å². The Morgan fingerprint density at radius 1 is 0.321 bits per heavy atom. The Bertz CT molecular complexity index is 3020. The molecule has 10 rings (SSSR count). The van der Waals surface area contributed by atoms with Gasteiger partial charge < -0.3 is 30.4 Å². The van der Waals surface area contributed by atoms with E-state index in [1.165, 1.54) is 57.9 Å².